The van der Waals surface area contributed by atoms with Gasteiger partial charge in [0.1, 0.15) is 0 Å². The standard InChI is InChI=1S/C14H19NO/c1-10-4-5-11(2)12(8-10)9-13(16)14(15)6-3-7-14/h4-5,8H,3,6-7,9,15H2,1-2H3. The Bertz CT molecular complexity index is 419. The number of rotatable bonds is 3. The van der Waals surface area contributed by atoms with Crippen LogP contribution in [0.25, 0.3) is 0 Å². The molecule has 0 atom stereocenters. The molecule has 0 unspecified atom stereocenters. The summed E-state index contributed by atoms with van der Waals surface area (Å²) >= 11 is 0. The second kappa shape index (κ2) is 4.02. The van der Waals surface area contributed by atoms with Gasteiger partial charge >= 0.3 is 0 Å². The summed E-state index contributed by atoms with van der Waals surface area (Å²) in [6, 6.07) is 6.24. The monoisotopic (exact) mass is 217 g/mol. The van der Waals surface area contributed by atoms with Crippen LogP contribution in [0.2, 0.25) is 0 Å². The van der Waals surface area contributed by atoms with Crippen molar-refractivity contribution in [1.82, 2.24) is 0 Å². The van der Waals surface area contributed by atoms with E-state index in [0.717, 1.165) is 24.8 Å². The van der Waals surface area contributed by atoms with Crippen LogP contribution < -0.4 is 5.73 Å². The molecule has 1 aliphatic carbocycles. The van der Waals surface area contributed by atoms with Gasteiger partial charge in [0.25, 0.3) is 0 Å². The highest BCUT2D eigenvalue weighted by Gasteiger charge is 2.39. The molecule has 1 saturated carbocycles. The molecule has 16 heavy (non-hydrogen) atoms. The summed E-state index contributed by atoms with van der Waals surface area (Å²) in [6.45, 7) is 4.10. The molecular formula is C14H19NO. The molecule has 0 bridgehead atoms. The molecule has 2 nitrogen and oxygen atoms in total. The van der Waals surface area contributed by atoms with E-state index in [1.807, 2.05) is 6.92 Å². The molecule has 2 N–H and O–H groups in total. The van der Waals surface area contributed by atoms with Crippen molar-refractivity contribution >= 4 is 5.78 Å². The van der Waals surface area contributed by atoms with Gasteiger partial charge in [-0.15, -0.1) is 0 Å². The number of ketones is 1. The summed E-state index contributed by atoms with van der Waals surface area (Å²) in [6.07, 6.45) is 3.30. The minimum atomic E-state index is -0.518. The Labute approximate surface area is 96.8 Å². The van der Waals surface area contributed by atoms with Gasteiger partial charge < -0.3 is 5.73 Å². The molecule has 1 aliphatic rings. The predicted octanol–water partition coefficient (Wildman–Crippen LogP) is 2.30. The Kier molecular flexibility index (Phi) is 2.85. The number of hydrogen-bond acceptors (Lipinski definition) is 2. The van der Waals surface area contributed by atoms with Crippen molar-refractivity contribution in [2.24, 2.45) is 5.73 Å². The van der Waals surface area contributed by atoms with Crippen LogP contribution in [0.1, 0.15) is 36.0 Å². The van der Waals surface area contributed by atoms with Crippen LogP contribution in [0.15, 0.2) is 18.2 Å². The fraction of sp³-hybridized carbons (Fsp3) is 0.500. The maximum Gasteiger partial charge on any atom is 0.157 e. The molecule has 0 aliphatic heterocycles. The first kappa shape index (κ1) is 11.3. The third-order valence-corrected chi connectivity index (χ3v) is 3.66. The zero-order valence-electron chi connectivity index (χ0n) is 10.0. The maximum atomic E-state index is 12.1. The summed E-state index contributed by atoms with van der Waals surface area (Å²) in [7, 11) is 0. The van der Waals surface area contributed by atoms with E-state index < -0.39 is 5.54 Å². The fourth-order valence-electron chi connectivity index (χ4n) is 2.18. The van der Waals surface area contributed by atoms with Crippen LogP contribution in [0.5, 0.6) is 0 Å². The first-order valence-corrected chi connectivity index (χ1v) is 5.90. The lowest BCUT2D eigenvalue weighted by Crippen LogP contribution is -2.54. The molecule has 86 valence electrons. The second-order valence-corrected chi connectivity index (χ2v) is 5.04. The minimum Gasteiger partial charge on any atom is -0.319 e. The van der Waals surface area contributed by atoms with Crippen molar-refractivity contribution < 1.29 is 4.79 Å². The predicted molar refractivity (Wildman–Crippen MR) is 65.4 cm³/mol. The van der Waals surface area contributed by atoms with Crippen LogP contribution in [0, 0.1) is 13.8 Å². The first-order valence-electron chi connectivity index (χ1n) is 5.90. The highest BCUT2D eigenvalue weighted by Crippen LogP contribution is 2.31. The zero-order valence-corrected chi connectivity index (χ0v) is 10.0. The van der Waals surface area contributed by atoms with Crippen LogP contribution in [0.4, 0.5) is 0 Å². The number of benzene rings is 1. The van der Waals surface area contributed by atoms with Gasteiger partial charge in [0.2, 0.25) is 0 Å². The number of nitrogens with two attached hydrogens (primary N) is 1. The summed E-state index contributed by atoms with van der Waals surface area (Å²) < 4.78 is 0. The summed E-state index contributed by atoms with van der Waals surface area (Å²) in [4.78, 5) is 12.1. The lowest BCUT2D eigenvalue weighted by atomic mass is 9.73. The first-order chi connectivity index (χ1) is 7.51. The van der Waals surface area contributed by atoms with Gasteiger partial charge in [0, 0.05) is 6.42 Å². The molecule has 0 spiro atoms. The number of Topliss-reactive ketones (excluding diaryl/α,β-unsaturated/α-hetero) is 1. The van der Waals surface area contributed by atoms with Crippen molar-refractivity contribution in [3.63, 3.8) is 0 Å². The van der Waals surface area contributed by atoms with Gasteiger partial charge in [-0.05, 0) is 44.2 Å². The van der Waals surface area contributed by atoms with Gasteiger partial charge in [-0.25, -0.2) is 0 Å². The molecule has 1 aromatic rings. The second-order valence-electron chi connectivity index (χ2n) is 5.04. The average Bonchev–Trinajstić information content (AvgIpc) is 2.20. The van der Waals surface area contributed by atoms with Crippen molar-refractivity contribution in [3.05, 3.63) is 34.9 Å². The SMILES string of the molecule is Cc1ccc(C)c(CC(=O)C2(N)CCC2)c1. The molecule has 1 fully saturated rings. The van der Waals surface area contributed by atoms with Crippen molar-refractivity contribution in [2.45, 2.75) is 45.1 Å². The highest BCUT2D eigenvalue weighted by atomic mass is 16.1. The molecule has 2 rings (SSSR count). The smallest absolute Gasteiger partial charge is 0.157 e. The third-order valence-electron chi connectivity index (χ3n) is 3.66. The Morgan fingerprint density at radius 1 is 1.38 bits per heavy atom. The maximum absolute atomic E-state index is 12.1. The van der Waals surface area contributed by atoms with Crippen LogP contribution in [0.3, 0.4) is 0 Å². The molecule has 1 aromatic carbocycles. The minimum absolute atomic E-state index is 0.201. The van der Waals surface area contributed by atoms with E-state index in [4.69, 9.17) is 5.73 Å². The molecule has 0 radical (unpaired) electrons. The topological polar surface area (TPSA) is 43.1 Å². The van der Waals surface area contributed by atoms with E-state index in [-0.39, 0.29) is 5.78 Å². The van der Waals surface area contributed by atoms with Crippen LogP contribution in [-0.2, 0) is 11.2 Å². The van der Waals surface area contributed by atoms with E-state index in [9.17, 15) is 4.79 Å². The van der Waals surface area contributed by atoms with Crippen molar-refractivity contribution in [3.8, 4) is 0 Å². The van der Waals surface area contributed by atoms with Crippen LogP contribution >= 0.6 is 0 Å². The molecule has 0 amide bonds. The number of carbonyl (C=O) groups is 1. The summed E-state index contributed by atoms with van der Waals surface area (Å²) in [5, 5.41) is 0. The highest BCUT2D eigenvalue weighted by molar-refractivity contribution is 5.91. The number of hydrogen-bond donors (Lipinski definition) is 1. The zero-order chi connectivity index (χ0) is 11.8. The Morgan fingerprint density at radius 2 is 2.06 bits per heavy atom. The number of carbonyl (C=O) groups excluding carboxylic acids is 1. The van der Waals surface area contributed by atoms with E-state index in [1.54, 1.807) is 0 Å². The third kappa shape index (κ3) is 2.03. The quantitative estimate of drug-likeness (QED) is 0.844. The number of aryl methyl sites for hydroxylation is 2. The largest absolute Gasteiger partial charge is 0.319 e. The summed E-state index contributed by atoms with van der Waals surface area (Å²) in [5.41, 5.74) is 9.03. The molecule has 2 heteroatoms. The lowest BCUT2D eigenvalue weighted by molar-refractivity contribution is -0.126. The average molecular weight is 217 g/mol. The van der Waals surface area contributed by atoms with E-state index in [1.165, 1.54) is 11.1 Å². The van der Waals surface area contributed by atoms with Gasteiger partial charge in [-0.1, -0.05) is 23.8 Å². The lowest BCUT2D eigenvalue weighted by Gasteiger charge is -2.36. The summed E-state index contributed by atoms with van der Waals surface area (Å²) in [5.74, 6) is 0.201. The molecule has 0 aromatic heterocycles. The molecule has 0 heterocycles. The van der Waals surface area contributed by atoms with Gasteiger partial charge in [0.05, 0.1) is 5.54 Å². The van der Waals surface area contributed by atoms with Crippen molar-refractivity contribution in [1.29, 1.82) is 0 Å². The van der Waals surface area contributed by atoms with Gasteiger partial charge in [-0.3, -0.25) is 4.79 Å². The van der Waals surface area contributed by atoms with Gasteiger partial charge in [-0.2, -0.15) is 0 Å². The Balaban J connectivity index is 2.14. The Hall–Kier alpha value is -1.15. The van der Waals surface area contributed by atoms with E-state index in [2.05, 4.69) is 25.1 Å². The normalized spacial score (nSPS) is 17.9. The van der Waals surface area contributed by atoms with E-state index >= 15 is 0 Å². The Morgan fingerprint density at radius 3 is 2.62 bits per heavy atom. The fourth-order valence-corrected chi connectivity index (χ4v) is 2.18. The molecule has 0 saturated heterocycles. The van der Waals surface area contributed by atoms with Gasteiger partial charge in [0.15, 0.2) is 5.78 Å². The van der Waals surface area contributed by atoms with E-state index in [0.29, 0.717) is 6.42 Å². The van der Waals surface area contributed by atoms with Crippen LogP contribution in [-0.4, -0.2) is 11.3 Å². The van der Waals surface area contributed by atoms with Crippen molar-refractivity contribution in [2.75, 3.05) is 0 Å². The molecular weight excluding hydrogens is 198 g/mol.